The summed E-state index contributed by atoms with van der Waals surface area (Å²) in [6, 6.07) is 6.20. The maximum absolute atomic E-state index is 12.5. The number of carbonyl (C=O) groups excluding carboxylic acids is 2. The molecule has 138 valence electrons. The van der Waals surface area contributed by atoms with Gasteiger partial charge in [0.15, 0.2) is 0 Å². The van der Waals surface area contributed by atoms with E-state index in [0.717, 1.165) is 12.1 Å². The van der Waals surface area contributed by atoms with Gasteiger partial charge in [-0.25, -0.2) is 4.79 Å². The average molecular weight is 378 g/mol. The molecule has 0 saturated carbocycles. The lowest BCUT2D eigenvalue weighted by molar-refractivity contribution is 0.0600. The van der Waals surface area contributed by atoms with Gasteiger partial charge in [-0.1, -0.05) is 11.6 Å². The van der Waals surface area contributed by atoms with Gasteiger partial charge in [0.1, 0.15) is 0 Å². The first-order valence-electron chi connectivity index (χ1n) is 7.92. The van der Waals surface area contributed by atoms with Gasteiger partial charge in [0.05, 0.1) is 34.6 Å². The Labute approximate surface area is 156 Å². The molecule has 26 heavy (non-hydrogen) atoms. The summed E-state index contributed by atoms with van der Waals surface area (Å²) in [4.78, 5) is 28.2. The number of halogens is 1. The van der Waals surface area contributed by atoms with Crippen LogP contribution in [-0.2, 0) is 9.47 Å². The molecule has 0 spiro atoms. The standard InChI is InChI=1S/C18H20ClN3O4/c1-25-7-3-6-21-14-8-13(10-20-11-14)17(23)22-16-9-12(18(24)26-2)4-5-15(16)19/h4-5,8-11,21H,3,6-7H2,1-2H3,(H,22,23). The SMILES string of the molecule is COCCCNc1cncc(C(=O)Nc2cc(C(=O)OC)ccc2Cl)c1. The third-order valence-corrected chi connectivity index (χ3v) is 3.82. The van der Waals surface area contributed by atoms with Crippen molar-refractivity contribution in [2.75, 3.05) is 38.0 Å². The number of hydrogen-bond donors (Lipinski definition) is 2. The number of ether oxygens (including phenoxy) is 2. The minimum Gasteiger partial charge on any atom is -0.465 e. The van der Waals surface area contributed by atoms with Crippen LogP contribution in [0.4, 0.5) is 11.4 Å². The summed E-state index contributed by atoms with van der Waals surface area (Å²) in [7, 11) is 2.93. The summed E-state index contributed by atoms with van der Waals surface area (Å²) in [6.07, 6.45) is 3.92. The Kier molecular flexibility index (Phi) is 7.37. The van der Waals surface area contributed by atoms with Gasteiger partial charge in [-0.3, -0.25) is 9.78 Å². The highest BCUT2D eigenvalue weighted by atomic mass is 35.5. The van der Waals surface area contributed by atoms with Crippen molar-refractivity contribution in [3.05, 3.63) is 52.8 Å². The van der Waals surface area contributed by atoms with E-state index in [9.17, 15) is 9.59 Å². The van der Waals surface area contributed by atoms with Crippen LogP contribution < -0.4 is 10.6 Å². The number of amides is 1. The van der Waals surface area contributed by atoms with E-state index in [2.05, 4.69) is 20.4 Å². The van der Waals surface area contributed by atoms with Gasteiger partial charge in [-0.15, -0.1) is 0 Å². The molecule has 0 aliphatic heterocycles. The van der Waals surface area contributed by atoms with Crippen LogP contribution in [0.1, 0.15) is 27.1 Å². The lowest BCUT2D eigenvalue weighted by Gasteiger charge is -2.10. The molecule has 0 atom stereocenters. The summed E-state index contributed by atoms with van der Waals surface area (Å²) in [5, 5.41) is 6.17. The van der Waals surface area contributed by atoms with E-state index in [0.29, 0.717) is 35.0 Å². The Morgan fingerprint density at radius 3 is 2.69 bits per heavy atom. The largest absolute Gasteiger partial charge is 0.465 e. The number of carbonyl (C=O) groups is 2. The van der Waals surface area contributed by atoms with Crippen LogP contribution in [0.15, 0.2) is 36.7 Å². The molecule has 2 aromatic rings. The first-order valence-corrected chi connectivity index (χ1v) is 8.30. The second kappa shape index (κ2) is 9.74. The van der Waals surface area contributed by atoms with Gasteiger partial charge in [0.2, 0.25) is 0 Å². The molecule has 2 rings (SSSR count). The lowest BCUT2D eigenvalue weighted by atomic mass is 10.2. The normalized spacial score (nSPS) is 10.3. The number of rotatable bonds is 8. The van der Waals surface area contributed by atoms with Crippen molar-refractivity contribution in [2.45, 2.75) is 6.42 Å². The Morgan fingerprint density at radius 2 is 1.96 bits per heavy atom. The number of nitrogens with zero attached hydrogens (tertiary/aromatic N) is 1. The first-order chi connectivity index (χ1) is 12.5. The van der Waals surface area contributed by atoms with Gasteiger partial charge in [0.25, 0.3) is 5.91 Å². The molecule has 0 aliphatic rings. The summed E-state index contributed by atoms with van der Waals surface area (Å²) >= 11 is 6.10. The topological polar surface area (TPSA) is 89.5 Å². The van der Waals surface area contributed by atoms with Gasteiger partial charge in [0, 0.05) is 32.7 Å². The van der Waals surface area contributed by atoms with Crippen molar-refractivity contribution in [3.8, 4) is 0 Å². The molecule has 0 saturated heterocycles. The number of aromatic nitrogens is 1. The minimum absolute atomic E-state index is 0.291. The molecule has 0 unspecified atom stereocenters. The molecule has 0 bridgehead atoms. The van der Waals surface area contributed by atoms with Crippen LogP contribution in [0.5, 0.6) is 0 Å². The number of hydrogen-bond acceptors (Lipinski definition) is 6. The maximum atomic E-state index is 12.5. The van der Waals surface area contributed by atoms with E-state index in [1.54, 1.807) is 19.4 Å². The van der Waals surface area contributed by atoms with Crippen molar-refractivity contribution < 1.29 is 19.1 Å². The number of pyridine rings is 1. The quantitative estimate of drug-likeness (QED) is 0.542. The second-order valence-electron chi connectivity index (χ2n) is 5.38. The van der Waals surface area contributed by atoms with Crippen molar-refractivity contribution in [1.82, 2.24) is 4.98 Å². The molecule has 0 aliphatic carbocycles. The minimum atomic E-state index is -0.513. The second-order valence-corrected chi connectivity index (χ2v) is 5.78. The third-order valence-electron chi connectivity index (χ3n) is 3.49. The number of benzene rings is 1. The van der Waals surface area contributed by atoms with Crippen molar-refractivity contribution in [3.63, 3.8) is 0 Å². The lowest BCUT2D eigenvalue weighted by Crippen LogP contribution is -2.14. The molecule has 0 radical (unpaired) electrons. The smallest absolute Gasteiger partial charge is 0.337 e. The van der Waals surface area contributed by atoms with Crippen LogP contribution in [0, 0.1) is 0 Å². The highest BCUT2D eigenvalue weighted by Crippen LogP contribution is 2.24. The van der Waals surface area contributed by atoms with E-state index in [1.165, 1.54) is 31.5 Å². The Morgan fingerprint density at radius 1 is 1.15 bits per heavy atom. The molecular weight excluding hydrogens is 358 g/mol. The molecule has 1 amide bonds. The molecule has 1 aromatic carbocycles. The van der Waals surface area contributed by atoms with Crippen molar-refractivity contribution >= 4 is 34.9 Å². The summed E-state index contributed by atoms with van der Waals surface area (Å²) in [5.41, 5.74) is 1.70. The van der Waals surface area contributed by atoms with E-state index in [4.69, 9.17) is 16.3 Å². The number of methoxy groups -OCH3 is 2. The molecule has 1 heterocycles. The van der Waals surface area contributed by atoms with Crippen LogP contribution >= 0.6 is 11.6 Å². The fourth-order valence-electron chi connectivity index (χ4n) is 2.17. The Bertz CT molecular complexity index is 783. The zero-order chi connectivity index (χ0) is 18.9. The summed E-state index contributed by atoms with van der Waals surface area (Å²) < 4.78 is 9.66. The van der Waals surface area contributed by atoms with E-state index in [-0.39, 0.29) is 5.91 Å². The van der Waals surface area contributed by atoms with Crippen LogP contribution in [0.25, 0.3) is 0 Å². The average Bonchev–Trinajstić information content (AvgIpc) is 2.66. The zero-order valence-corrected chi connectivity index (χ0v) is 15.3. The predicted molar refractivity (Wildman–Crippen MR) is 100.0 cm³/mol. The third kappa shape index (κ3) is 5.44. The molecule has 0 fully saturated rings. The van der Waals surface area contributed by atoms with E-state index in [1.807, 2.05) is 0 Å². The maximum Gasteiger partial charge on any atom is 0.337 e. The molecule has 2 N–H and O–H groups in total. The van der Waals surface area contributed by atoms with Crippen molar-refractivity contribution in [1.29, 1.82) is 0 Å². The first kappa shape index (κ1) is 19.7. The number of anilines is 2. The molecular formula is C18H20ClN3O4. The Balaban J connectivity index is 2.09. The zero-order valence-electron chi connectivity index (χ0n) is 14.5. The van der Waals surface area contributed by atoms with Gasteiger partial charge >= 0.3 is 5.97 Å². The van der Waals surface area contributed by atoms with Crippen LogP contribution in [-0.4, -0.2) is 44.2 Å². The van der Waals surface area contributed by atoms with Crippen LogP contribution in [0.3, 0.4) is 0 Å². The number of nitrogens with one attached hydrogen (secondary N) is 2. The predicted octanol–water partition coefficient (Wildman–Crippen LogP) is 3.22. The highest BCUT2D eigenvalue weighted by Gasteiger charge is 2.13. The van der Waals surface area contributed by atoms with E-state index < -0.39 is 5.97 Å². The molecule has 1 aromatic heterocycles. The summed E-state index contributed by atoms with van der Waals surface area (Å²) in [6.45, 7) is 1.35. The van der Waals surface area contributed by atoms with Gasteiger partial charge in [-0.05, 0) is 30.7 Å². The fraction of sp³-hybridized carbons (Fsp3) is 0.278. The summed E-state index contributed by atoms with van der Waals surface area (Å²) in [5.74, 6) is -0.900. The van der Waals surface area contributed by atoms with Gasteiger partial charge in [-0.2, -0.15) is 0 Å². The molecule has 8 heteroatoms. The molecule has 7 nitrogen and oxygen atoms in total. The monoisotopic (exact) mass is 377 g/mol. The van der Waals surface area contributed by atoms with E-state index >= 15 is 0 Å². The van der Waals surface area contributed by atoms with Gasteiger partial charge < -0.3 is 20.1 Å². The fourth-order valence-corrected chi connectivity index (χ4v) is 2.34. The Hall–Kier alpha value is -2.64. The number of esters is 1. The van der Waals surface area contributed by atoms with Crippen LogP contribution in [0.2, 0.25) is 5.02 Å². The highest BCUT2D eigenvalue weighted by molar-refractivity contribution is 6.34. The van der Waals surface area contributed by atoms with Crippen molar-refractivity contribution in [2.24, 2.45) is 0 Å².